The van der Waals surface area contributed by atoms with Crippen LogP contribution in [-0.2, 0) is 15.1 Å². The van der Waals surface area contributed by atoms with Crippen LogP contribution in [0.1, 0.15) is 26.3 Å². The predicted molar refractivity (Wildman–Crippen MR) is 78.9 cm³/mol. The number of nitrogens with two attached hydrogens (primary N) is 1. The normalized spacial score (nSPS) is 13.4. The highest BCUT2D eigenvalue weighted by molar-refractivity contribution is 5.90. The van der Waals surface area contributed by atoms with Crippen molar-refractivity contribution >= 4 is 11.8 Å². The van der Waals surface area contributed by atoms with Gasteiger partial charge < -0.3 is 16.0 Å². The number of carbonyl (C=O) groups excluding carboxylic acids is 2. The third kappa shape index (κ3) is 3.81. The molecule has 20 heavy (non-hydrogen) atoms. The standard InChI is InChI=1S/C15H23N3O2/c1-4-18(5-2)13(19)11-17-14(20)15(3,16)12-9-7-6-8-10-12/h6-10H,4-5,11,16H2,1-3H3,(H,17,20). The molecule has 1 rings (SSSR count). The molecule has 0 fully saturated rings. The minimum atomic E-state index is -1.15. The summed E-state index contributed by atoms with van der Waals surface area (Å²) in [5.74, 6) is -0.462. The third-order valence-electron chi connectivity index (χ3n) is 3.36. The average molecular weight is 277 g/mol. The summed E-state index contributed by atoms with van der Waals surface area (Å²) in [5, 5.41) is 2.62. The Morgan fingerprint density at radius 2 is 1.75 bits per heavy atom. The molecule has 1 unspecified atom stereocenters. The van der Waals surface area contributed by atoms with Gasteiger partial charge in [0.25, 0.3) is 0 Å². The Kier molecular flexibility index (Phi) is 5.70. The van der Waals surface area contributed by atoms with Gasteiger partial charge in [-0.3, -0.25) is 9.59 Å². The Bertz CT molecular complexity index is 453. The van der Waals surface area contributed by atoms with Gasteiger partial charge in [-0.15, -0.1) is 0 Å². The lowest BCUT2D eigenvalue weighted by molar-refractivity contribution is -0.134. The quantitative estimate of drug-likeness (QED) is 0.809. The molecular formula is C15H23N3O2. The molecule has 0 radical (unpaired) electrons. The molecule has 1 aromatic rings. The van der Waals surface area contributed by atoms with E-state index in [2.05, 4.69) is 5.32 Å². The molecule has 0 aliphatic rings. The Hall–Kier alpha value is -1.88. The Morgan fingerprint density at radius 1 is 1.20 bits per heavy atom. The summed E-state index contributed by atoms with van der Waals surface area (Å²) < 4.78 is 0. The van der Waals surface area contributed by atoms with Gasteiger partial charge in [0, 0.05) is 13.1 Å². The van der Waals surface area contributed by atoms with E-state index in [1.54, 1.807) is 24.0 Å². The van der Waals surface area contributed by atoms with Crippen LogP contribution in [0.3, 0.4) is 0 Å². The van der Waals surface area contributed by atoms with Crippen molar-refractivity contribution in [1.29, 1.82) is 0 Å². The topological polar surface area (TPSA) is 75.4 Å². The summed E-state index contributed by atoms with van der Waals surface area (Å²) in [6.07, 6.45) is 0. The van der Waals surface area contributed by atoms with Crippen molar-refractivity contribution in [3.8, 4) is 0 Å². The monoisotopic (exact) mass is 277 g/mol. The molecule has 0 heterocycles. The van der Waals surface area contributed by atoms with E-state index >= 15 is 0 Å². The second-order valence-electron chi connectivity index (χ2n) is 4.82. The van der Waals surface area contributed by atoms with E-state index in [-0.39, 0.29) is 18.4 Å². The van der Waals surface area contributed by atoms with E-state index < -0.39 is 5.54 Å². The second-order valence-corrected chi connectivity index (χ2v) is 4.82. The van der Waals surface area contributed by atoms with Crippen molar-refractivity contribution in [1.82, 2.24) is 10.2 Å². The number of benzene rings is 1. The van der Waals surface area contributed by atoms with Crippen LogP contribution in [0.5, 0.6) is 0 Å². The molecule has 3 N–H and O–H groups in total. The van der Waals surface area contributed by atoms with Crippen molar-refractivity contribution in [3.05, 3.63) is 35.9 Å². The highest BCUT2D eigenvalue weighted by Gasteiger charge is 2.30. The van der Waals surface area contributed by atoms with E-state index in [4.69, 9.17) is 5.73 Å². The van der Waals surface area contributed by atoms with E-state index in [1.807, 2.05) is 32.0 Å². The van der Waals surface area contributed by atoms with Crippen molar-refractivity contribution < 1.29 is 9.59 Å². The summed E-state index contributed by atoms with van der Waals surface area (Å²) in [4.78, 5) is 25.7. The van der Waals surface area contributed by atoms with E-state index in [0.29, 0.717) is 18.7 Å². The predicted octanol–water partition coefficient (Wildman–Crippen LogP) is 0.845. The van der Waals surface area contributed by atoms with Crippen LogP contribution in [-0.4, -0.2) is 36.3 Å². The number of likely N-dealkylation sites (N-methyl/N-ethyl adjacent to an activating group) is 1. The molecule has 0 aliphatic heterocycles. The number of amides is 2. The molecule has 110 valence electrons. The van der Waals surface area contributed by atoms with Crippen molar-refractivity contribution in [2.45, 2.75) is 26.3 Å². The zero-order valence-corrected chi connectivity index (χ0v) is 12.3. The lowest BCUT2D eigenvalue weighted by Gasteiger charge is -2.25. The minimum Gasteiger partial charge on any atom is -0.345 e. The van der Waals surface area contributed by atoms with Gasteiger partial charge in [-0.1, -0.05) is 30.3 Å². The van der Waals surface area contributed by atoms with Gasteiger partial charge in [-0.25, -0.2) is 0 Å². The molecule has 0 aromatic heterocycles. The first-order valence-electron chi connectivity index (χ1n) is 6.83. The fraction of sp³-hybridized carbons (Fsp3) is 0.467. The SMILES string of the molecule is CCN(CC)C(=O)CNC(=O)C(C)(N)c1ccccc1. The molecule has 5 heteroatoms. The van der Waals surface area contributed by atoms with Crippen molar-refractivity contribution in [2.24, 2.45) is 5.73 Å². The van der Waals surface area contributed by atoms with E-state index in [0.717, 1.165) is 0 Å². The number of hydrogen-bond acceptors (Lipinski definition) is 3. The highest BCUT2D eigenvalue weighted by atomic mass is 16.2. The lowest BCUT2D eigenvalue weighted by Crippen LogP contribution is -2.51. The minimum absolute atomic E-state index is 0.0276. The first-order valence-corrected chi connectivity index (χ1v) is 6.83. The summed E-state index contributed by atoms with van der Waals surface area (Å²) in [7, 11) is 0. The molecule has 1 atom stereocenters. The second kappa shape index (κ2) is 7.05. The summed E-state index contributed by atoms with van der Waals surface area (Å²) in [6.45, 7) is 6.67. The molecule has 0 aliphatic carbocycles. The lowest BCUT2D eigenvalue weighted by atomic mass is 9.92. The van der Waals surface area contributed by atoms with Crippen LogP contribution in [0.2, 0.25) is 0 Å². The van der Waals surface area contributed by atoms with Crippen LogP contribution in [0, 0.1) is 0 Å². The molecule has 0 bridgehead atoms. The largest absolute Gasteiger partial charge is 0.345 e. The molecule has 0 saturated heterocycles. The zero-order chi connectivity index (χ0) is 15.2. The maximum atomic E-state index is 12.2. The van der Waals surface area contributed by atoms with Crippen LogP contribution >= 0.6 is 0 Å². The summed E-state index contributed by atoms with van der Waals surface area (Å²) in [5.41, 5.74) is 5.64. The molecule has 5 nitrogen and oxygen atoms in total. The Morgan fingerprint density at radius 3 is 2.25 bits per heavy atom. The maximum Gasteiger partial charge on any atom is 0.244 e. The molecule has 0 saturated carbocycles. The molecule has 1 aromatic carbocycles. The Labute approximate surface area is 120 Å². The number of hydrogen-bond donors (Lipinski definition) is 2. The zero-order valence-electron chi connectivity index (χ0n) is 12.3. The average Bonchev–Trinajstić information content (AvgIpc) is 2.46. The van der Waals surface area contributed by atoms with Crippen molar-refractivity contribution in [3.63, 3.8) is 0 Å². The van der Waals surface area contributed by atoms with Gasteiger partial charge in [0.15, 0.2) is 0 Å². The molecule has 0 spiro atoms. The molecular weight excluding hydrogens is 254 g/mol. The first kappa shape index (κ1) is 16.2. The number of rotatable bonds is 6. The fourth-order valence-corrected chi connectivity index (χ4v) is 1.94. The van der Waals surface area contributed by atoms with E-state index in [1.165, 1.54) is 0 Å². The van der Waals surface area contributed by atoms with Gasteiger partial charge >= 0.3 is 0 Å². The first-order chi connectivity index (χ1) is 9.43. The third-order valence-corrected chi connectivity index (χ3v) is 3.36. The van der Waals surface area contributed by atoms with Crippen LogP contribution < -0.4 is 11.1 Å². The summed E-state index contributed by atoms with van der Waals surface area (Å²) >= 11 is 0. The number of carbonyl (C=O) groups is 2. The van der Waals surface area contributed by atoms with Gasteiger partial charge in [0.2, 0.25) is 11.8 Å². The van der Waals surface area contributed by atoms with Crippen LogP contribution in [0.4, 0.5) is 0 Å². The number of nitrogens with one attached hydrogen (secondary N) is 1. The molecule has 2 amide bonds. The van der Waals surface area contributed by atoms with Gasteiger partial charge in [0.1, 0.15) is 5.54 Å². The van der Waals surface area contributed by atoms with Gasteiger partial charge in [-0.05, 0) is 26.3 Å². The van der Waals surface area contributed by atoms with Crippen molar-refractivity contribution in [2.75, 3.05) is 19.6 Å². The van der Waals surface area contributed by atoms with Gasteiger partial charge in [-0.2, -0.15) is 0 Å². The Balaban J connectivity index is 2.65. The van der Waals surface area contributed by atoms with E-state index in [9.17, 15) is 9.59 Å². The smallest absolute Gasteiger partial charge is 0.244 e. The number of nitrogens with zero attached hydrogens (tertiary/aromatic N) is 1. The summed E-state index contributed by atoms with van der Waals surface area (Å²) in [6, 6.07) is 9.11. The van der Waals surface area contributed by atoms with Crippen LogP contribution in [0.15, 0.2) is 30.3 Å². The maximum absolute atomic E-state index is 12.2. The van der Waals surface area contributed by atoms with Gasteiger partial charge in [0.05, 0.1) is 6.54 Å². The highest BCUT2D eigenvalue weighted by Crippen LogP contribution is 2.17. The fourth-order valence-electron chi connectivity index (χ4n) is 1.94. The van der Waals surface area contributed by atoms with Crippen LogP contribution in [0.25, 0.3) is 0 Å².